The lowest BCUT2D eigenvalue weighted by Crippen LogP contribution is -2.09. The van der Waals surface area contributed by atoms with E-state index in [0.717, 1.165) is 172 Å². The summed E-state index contributed by atoms with van der Waals surface area (Å²) in [5.41, 5.74) is 25.5. The second-order valence-electron chi connectivity index (χ2n) is 29.0. The summed E-state index contributed by atoms with van der Waals surface area (Å²) in [5, 5.41) is 6.25. The Labute approximate surface area is 669 Å². The molecule has 0 aliphatic rings. The summed E-state index contributed by atoms with van der Waals surface area (Å²) < 4.78 is 13.4. The van der Waals surface area contributed by atoms with Crippen LogP contribution in [0.5, 0.6) is 0 Å². The van der Waals surface area contributed by atoms with Gasteiger partial charge < -0.3 is 18.6 Å². The lowest BCUT2D eigenvalue weighted by Gasteiger charge is -2.25. The topological polar surface area (TPSA) is 110 Å². The Morgan fingerprint density at radius 1 is 0.147 bits per heavy atom. The summed E-state index contributed by atoms with van der Waals surface area (Å²) in [6.45, 7) is 0. The summed E-state index contributed by atoms with van der Waals surface area (Å²) in [7, 11) is 0. The maximum Gasteiger partial charge on any atom is 0.164 e. The van der Waals surface area contributed by atoms with Gasteiger partial charge in [0, 0.05) is 89.0 Å². The van der Waals surface area contributed by atoms with Gasteiger partial charge >= 0.3 is 0 Å². The summed E-state index contributed by atoms with van der Waals surface area (Å²) >= 11 is 0. The number of furan rings is 2. The van der Waals surface area contributed by atoms with Crippen molar-refractivity contribution in [2.45, 2.75) is 0 Å². The second-order valence-corrected chi connectivity index (χ2v) is 29.0. The lowest BCUT2D eigenvalue weighted by atomic mass is 9.95. The monoisotopic (exact) mass is 1480 g/mol. The maximum absolute atomic E-state index is 6.73. The second kappa shape index (κ2) is 29.5. The van der Waals surface area contributed by atoms with Gasteiger partial charge in [-0.3, -0.25) is 0 Å². The molecule has 0 saturated heterocycles. The number of fused-ring (bicyclic) bond motifs is 7. The molecule has 0 unspecified atom stereocenters. The van der Waals surface area contributed by atoms with Gasteiger partial charge in [-0.1, -0.05) is 279 Å². The Balaban J connectivity index is 0.556. The van der Waals surface area contributed by atoms with Crippen molar-refractivity contribution in [3.8, 4) is 124 Å². The fourth-order valence-corrected chi connectivity index (χ4v) is 15.9. The Kier molecular flexibility index (Phi) is 17.3. The van der Waals surface area contributed by atoms with Crippen molar-refractivity contribution >= 4 is 88.8 Å². The van der Waals surface area contributed by atoms with Crippen LogP contribution >= 0.6 is 0 Å². The molecule has 4 aromatic heterocycles. The van der Waals surface area contributed by atoms with Crippen LogP contribution in [0.25, 0.3) is 179 Å². The fraction of sp³-hybridized carbons (Fsp3) is 0. The summed E-state index contributed by atoms with van der Waals surface area (Å²) in [6.07, 6.45) is 0. The molecule has 10 nitrogen and oxygen atoms in total. The predicted octanol–water partition coefficient (Wildman–Crippen LogP) is 28.3. The van der Waals surface area contributed by atoms with E-state index in [1.807, 2.05) is 48.5 Å². The van der Waals surface area contributed by atoms with Crippen LogP contribution in [-0.4, -0.2) is 29.9 Å². The van der Waals surface area contributed by atoms with Crippen LogP contribution in [-0.2, 0) is 0 Å². The molecule has 0 aliphatic carbocycles. The first-order valence-electron chi connectivity index (χ1n) is 38.8. The van der Waals surface area contributed by atoms with Crippen LogP contribution < -0.4 is 9.80 Å². The molecule has 0 atom stereocenters. The molecule has 4 heterocycles. The van der Waals surface area contributed by atoms with Crippen LogP contribution in [0.1, 0.15) is 0 Å². The fourth-order valence-electron chi connectivity index (χ4n) is 15.9. The molecule has 0 saturated carbocycles. The first-order chi connectivity index (χ1) is 57.4. The van der Waals surface area contributed by atoms with Crippen LogP contribution in [0, 0.1) is 0 Å². The average Bonchev–Trinajstić information content (AvgIpc) is 1.62. The molecule has 21 aromatic rings. The minimum Gasteiger partial charge on any atom is -0.456 e. The van der Waals surface area contributed by atoms with E-state index >= 15 is 0 Å². The van der Waals surface area contributed by atoms with E-state index < -0.39 is 0 Å². The highest BCUT2D eigenvalue weighted by Crippen LogP contribution is 2.44. The average molecular weight is 1490 g/mol. The van der Waals surface area contributed by atoms with Crippen molar-refractivity contribution in [2.24, 2.45) is 0 Å². The summed E-state index contributed by atoms with van der Waals surface area (Å²) in [5.74, 6) is 3.42. The van der Waals surface area contributed by atoms with E-state index in [1.54, 1.807) is 0 Å². The number of benzene rings is 17. The molecule has 0 fully saturated rings. The molecule has 0 bridgehead atoms. The summed E-state index contributed by atoms with van der Waals surface area (Å²) in [6, 6.07) is 144. The minimum absolute atomic E-state index is 0.543. The number of hydrogen-bond acceptors (Lipinski definition) is 10. The molecule has 116 heavy (non-hydrogen) atoms. The molecule has 10 heteroatoms. The highest BCUT2D eigenvalue weighted by Gasteiger charge is 2.23. The Morgan fingerprint density at radius 3 is 0.853 bits per heavy atom. The summed E-state index contributed by atoms with van der Waals surface area (Å²) in [4.78, 5) is 35.6. The molecule has 0 amide bonds. The van der Waals surface area contributed by atoms with Crippen LogP contribution in [0.4, 0.5) is 34.1 Å². The van der Waals surface area contributed by atoms with E-state index in [0.29, 0.717) is 34.9 Å². The highest BCUT2D eigenvalue weighted by atomic mass is 16.3. The van der Waals surface area contributed by atoms with Crippen molar-refractivity contribution < 1.29 is 8.83 Å². The standard InChI is InChI=1S/C106H68N8O2/c1-6-21-69(22-7-1)72-39-42-76(43-40-72)102-109-104(84-44-41-71-25-16-17-28-77(71)63-84)112-106(110-102)86-50-58-94-96-68-92(56-60-98(96)116-100(94)66-86)114(88-37-14-5-15-38-88)90-53-47-74(48-54-90)78-29-18-30-79(61-78)80-31-19-32-81(62-80)82-33-20-34-83(64-82)103-107-101(75-26-10-3-11-27-75)108-105(111-103)85-49-57-93-95-67-91(55-59-97(95)115-99(93)65-85)113(87-35-12-4-13-36-87)89-51-45-73(46-52-89)70-23-8-2-9-24-70/h1-68H. The molecule has 0 aliphatic heterocycles. The van der Waals surface area contributed by atoms with Crippen molar-refractivity contribution in [3.63, 3.8) is 0 Å². The quantitative estimate of drug-likeness (QED) is 0.0874. The molecule has 21 rings (SSSR count). The van der Waals surface area contributed by atoms with Crippen molar-refractivity contribution in [3.05, 3.63) is 413 Å². The van der Waals surface area contributed by atoms with Crippen molar-refractivity contribution in [2.75, 3.05) is 9.80 Å². The molecule has 0 N–H and O–H groups in total. The number of rotatable bonds is 17. The minimum atomic E-state index is 0.543. The first kappa shape index (κ1) is 68.3. The third-order valence-electron chi connectivity index (χ3n) is 21.7. The molecule has 0 spiro atoms. The molecule has 0 radical (unpaired) electrons. The van der Waals surface area contributed by atoms with E-state index in [4.69, 9.17) is 38.7 Å². The van der Waals surface area contributed by atoms with Gasteiger partial charge in [0.2, 0.25) is 0 Å². The largest absolute Gasteiger partial charge is 0.456 e. The van der Waals surface area contributed by atoms with E-state index in [9.17, 15) is 0 Å². The third kappa shape index (κ3) is 13.3. The smallest absolute Gasteiger partial charge is 0.164 e. The number of aromatic nitrogens is 6. The maximum atomic E-state index is 6.73. The van der Waals surface area contributed by atoms with Crippen LogP contribution in [0.2, 0.25) is 0 Å². The zero-order valence-corrected chi connectivity index (χ0v) is 62.7. The number of hydrogen-bond donors (Lipinski definition) is 0. The predicted molar refractivity (Wildman–Crippen MR) is 474 cm³/mol. The zero-order chi connectivity index (χ0) is 76.8. The molecule has 17 aromatic carbocycles. The van der Waals surface area contributed by atoms with E-state index in [2.05, 4.69) is 374 Å². The van der Waals surface area contributed by atoms with Crippen molar-refractivity contribution in [1.82, 2.24) is 29.9 Å². The van der Waals surface area contributed by atoms with E-state index in [1.165, 1.54) is 5.56 Å². The SMILES string of the molecule is c1ccc(-c2ccc(-c3nc(-c4ccc5ccccc5c4)nc(-c4ccc5c(c4)oc4ccc(N(c6ccccc6)c6ccc(-c7cccc(-c8cccc(-c9cccc(-c%10nc(-c%11ccccc%11)nc(-c%11ccc%12c(c%11)oc%11ccc(N(c%13ccccc%13)c%13ccc(-c%14ccccc%14)cc%13)cc%11%12)n%10)c9)c8)c7)cc6)cc45)n3)cc2)cc1. The Bertz CT molecular complexity index is 7240. The van der Waals surface area contributed by atoms with Crippen LogP contribution in [0.3, 0.4) is 0 Å². The zero-order valence-electron chi connectivity index (χ0n) is 62.7. The van der Waals surface area contributed by atoms with Gasteiger partial charge in [-0.25, -0.2) is 29.9 Å². The first-order valence-corrected chi connectivity index (χ1v) is 38.8. The Morgan fingerprint density at radius 2 is 0.414 bits per heavy atom. The van der Waals surface area contributed by atoms with Crippen molar-refractivity contribution in [1.29, 1.82) is 0 Å². The van der Waals surface area contributed by atoms with Crippen LogP contribution in [0.15, 0.2) is 421 Å². The normalized spacial score (nSPS) is 11.4. The number of anilines is 6. The van der Waals surface area contributed by atoms with Gasteiger partial charge in [-0.15, -0.1) is 0 Å². The Hall–Kier alpha value is -15.8. The van der Waals surface area contributed by atoms with Gasteiger partial charge in [-0.05, 0) is 200 Å². The number of para-hydroxylation sites is 2. The molecular weight excluding hydrogens is 1420 g/mol. The van der Waals surface area contributed by atoms with Gasteiger partial charge in [0.15, 0.2) is 34.9 Å². The number of nitrogens with zero attached hydrogens (tertiary/aromatic N) is 8. The van der Waals surface area contributed by atoms with Gasteiger partial charge in [0.1, 0.15) is 22.3 Å². The lowest BCUT2D eigenvalue weighted by molar-refractivity contribution is 0.668. The third-order valence-corrected chi connectivity index (χ3v) is 21.7. The molecule has 544 valence electrons. The molecular formula is C106H68N8O2. The van der Waals surface area contributed by atoms with Gasteiger partial charge in [0.25, 0.3) is 0 Å². The van der Waals surface area contributed by atoms with E-state index in [-0.39, 0.29) is 0 Å². The van der Waals surface area contributed by atoms with Gasteiger partial charge in [-0.2, -0.15) is 0 Å². The highest BCUT2D eigenvalue weighted by molar-refractivity contribution is 6.09. The van der Waals surface area contributed by atoms with Gasteiger partial charge in [0.05, 0.1) is 0 Å².